The summed E-state index contributed by atoms with van der Waals surface area (Å²) in [5.74, 6) is -2.86. The maximum absolute atomic E-state index is 14.0. The summed E-state index contributed by atoms with van der Waals surface area (Å²) in [4.78, 5) is 28.3. The third-order valence-corrected chi connectivity index (χ3v) is 7.35. The number of alkyl halides is 6. The lowest BCUT2D eigenvalue weighted by atomic mass is 9.99. The molecular weight excluding hydrogens is 650 g/mol. The monoisotopic (exact) mass is 687 g/mol. The molecule has 3 rings (SSSR count). The molecule has 3 aromatic carbocycles. The van der Waals surface area contributed by atoms with Gasteiger partial charge in [0, 0.05) is 43.4 Å². The zero-order valence-electron chi connectivity index (χ0n) is 26.5. The summed E-state index contributed by atoms with van der Waals surface area (Å²) in [6.07, 6.45) is -10.5. The number of aliphatic hydroxyl groups excluding tert-OH is 1. The number of aryl methyl sites for hydroxylation is 1. The van der Waals surface area contributed by atoms with E-state index in [0.717, 1.165) is 25.0 Å². The zero-order chi connectivity index (χ0) is 35.8. The normalized spacial score (nSPS) is 13.2. The second-order valence-electron chi connectivity index (χ2n) is 11.6. The Morgan fingerprint density at radius 3 is 1.83 bits per heavy atom. The fraction of sp³-hybridized carbons (Fsp3) is 0.412. The summed E-state index contributed by atoms with van der Waals surface area (Å²) in [5, 5.41) is 16.3. The van der Waals surface area contributed by atoms with Crippen LogP contribution in [0.4, 0.5) is 35.1 Å². The van der Waals surface area contributed by atoms with Gasteiger partial charge >= 0.3 is 12.4 Å². The maximum atomic E-state index is 14.0. The second kappa shape index (κ2) is 16.4. The Balaban J connectivity index is 1.86. The molecule has 0 bridgehead atoms. The van der Waals surface area contributed by atoms with Crippen LogP contribution in [0.15, 0.2) is 54.6 Å². The maximum Gasteiger partial charge on any atom is 0.416 e. The number of benzene rings is 3. The lowest BCUT2D eigenvalue weighted by Crippen LogP contribution is -2.48. The Morgan fingerprint density at radius 2 is 1.31 bits per heavy atom. The minimum absolute atomic E-state index is 0.00253. The van der Waals surface area contributed by atoms with Crippen LogP contribution in [0.3, 0.4) is 0 Å². The van der Waals surface area contributed by atoms with Crippen LogP contribution in [0, 0.1) is 18.6 Å². The molecule has 0 aliphatic heterocycles. The van der Waals surface area contributed by atoms with Gasteiger partial charge in [0.15, 0.2) is 0 Å². The van der Waals surface area contributed by atoms with Gasteiger partial charge in [-0.05, 0) is 91.4 Å². The van der Waals surface area contributed by atoms with Gasteiger partial charge in [-0.1, -0.05) is 13.8 Å². The molecule has 0 spiro atoms. The highest BCUT2D eigenvalue weighted by molar-refractivity contribution is 6.00. The van der Waals surface area contributed by atoms with Gasteiger partial charge < -0.3 is 20.6 Å². The molecule has 0 aliphatic rings. The summed E-state index contributed by atoms with van der Waals surface area (Å²) in [6.45, 7) is 5.58. The number of nitrogens with zero attached hydrogens (tertiary/aromatic N) is 1. The Hall–Kier alpha value is -4.04. The van der Waals surface area contributed by atoms with Gasteiger partial charge in [-0.2, -0.15) is 26.3 Å². The first kappa shape index (κ1) is 38.4. The third-order valence-electron chi connectivity index (χ3n) is 7.35. The molecule has 0 heterocycles. The molecule has 0 saturated heterocycles. The van der Waals surface area contributed by atoms with Crippen molar-refractivity contribution < 1.29 is 49.8 Å². The van der Waals surface area contributed by atoms with E-state index in [1.807, 2.05) is 13.8 Å². The molecule has 3 N–H and O–H groups in total. The highest BCUT2D eigenvalue weighted by atomic mass is 19.4. The third kappa shape index (κ3) is 11.0. The van der Waals surface area contributed by atoms with Crippen LogP contribution in [0.25, 0.3) is 0 Å². The molecule has 0 saturated carbocycles. The number of hydrogen-bond acceptors (Lipinski definition) is 4. The van der Waals surface area contributed by atoms with Crippen molar-refractivity contribution in [1.82, 2.24) is 15.5 Å². The fourth-order valence-corrected chi connectivity index (χ4v) is 5.22. The second-order valence-corrected chi connectivity index (χ2v) is 11.6. The topological polar surface area (TPSA) is 81.7 Å². The molecule has 48 heavy (non-hydrogen) atoms. The van der Waals surface area contributed by atoms with Crippen LogP contribution in [-0.2, 0) is 25.3 Å². The van der Waals surface area contributed by atoms with Crippen LogP contribution in [0.1, 0.15) is 75.2 Å². The van der Waals surface area contributed by atoms with E-state index in [1.54, 1.807) is 17.9 Å². The molecule has 2 atom stereocenters. The van der Waals surface area contributed by atoms with Crippen LogP contribution < -0.4 is 10.6 Å². The van der Waals surface area contributed by atoms with Crippen molar-refractivity contribution in [2.24, 2.45) is 0 Å². The number of rotatable bonds is 14. The molecule has 0 aliphatic carbocycles. The number of amides is 2. The lowest BCUT2D eigenvalue weighted by molar-refractivity contribution is -0.143. The highest BCUT2D eigenvalue weighted by Crippen LogP contribution is 2.36. The molecule has 0 aromatic heterocycles. The number of carbonyl (C=O) groups excluding carboxylic acids is 2. The molecule has 0 fully saturated rings. The minimum atomic E-state index is -5.05. The summed E-state index contributed by atoms with van der Waals surface area (Å²) < 4.78 is 108. The molecular formula is C34H37F8N3O3. The molecule has 0 radical (unpaired) electrons. The Labute approximate surface area is 273 Å². The van der Waals surface area contributed by atoms with Crippen LogP contribution in [0.5, 0.6) is 0 Å². The SMILES string of the molecule is CCCN(CCC)C(=O)c1cc(C)cc(C(=O)N[C@H](Cc2cc(F)cc(F)c2)C(O)CNCc2cc(C(F)(F)F)cc(C(F)(F)F)c2)c1. The molecule has 2 amide bonds. The number of aliphatic hydroxyl groups is 1. The standard InChI is InChI=1S/C34H37F8N3O3/c1-4-6-45(7-5-2)32(48)24-9-20(3)8-23(15-24)31(47)44-29(14-21-12-27(35)17-28(36)13-21)30(46)19-43-18-22-10-25(33(37,38)39)16-26(11-22)34(40,41)42/h8-13,15-17,29-30,43,46H,4-7,14,18-19H2,1-3H3,(H,44,47)/t29-,30?/m1/s1. The van der Waals surface area contributed by atoms with E-state index in [0.29, 0.717) is 36.9 Å². The van der Waals surface area contributed by atoms with Crippen molar-refractivity contribution >= 4 is 11.8 Å². The average Bonchev–Trinajstić information content (AvgIpc) is 2.98. The van der Waals surface area contributed by atoms with Crippen molar-refractivity contribution in [2.45, 2.75) is 71.1 Å². The number of hydrogen-bond donors (Lipinski definition) is 3. The summed E-state index contributed by atoms with van der Waals surface area (Å²) >= 11 is 0. The first-order chi connectivity index (χ1) is 22.4. The van der Waals surface area contributed by atoms with E-state index in [2.05, 4.69) is 10.6 Å². The quantitative estimate of drug-likeness (QED) is 0.159. The number of nitrogens with one attached hydrogen (secondary N) is 2. The van der Waals surface area contributed by atoms with Gasteiger partial charge in [0.05, 0.1) is 23.3 Å². The van der Waals surface area contributed by atoms with Gasteiger partial charge in [-0.3, -0.25) is 9.59 Å². The summed E-state index contributed by atoms with van der Waals surface area (Å²) in [7, 11) is 0. The first-order valence-corrected chi connectivity index (χ1v) is 15.2. The predicted molar refractivity (Wildman–Crippen MR) is 163 cm³/mol. The Bertz CT molecular complexity index is 1520. The average molecular weight is 688 g/mol. The molecule has 262 valence electrons. The smallest absolute Gasteiger partial charge is 0.390 e. The van der Waals surface area contributed by atoms with E-state index < -0.39 is 66.3 Å². The van der Waals surface area contributed by atoms with Crippen molar-refractivity contribution in [1.29, 1.82) is 0 Å². The van der Waals surface area contributed by atoms with Gasteiger partial charge in [0.1, 0.15) is 11.6 Å². The van der Waals surface area contributed by atoms with Crippen LogP contribution in [-0.4, -0.2) is 53.6 Å². The van der Waals surface area contributed by atoms with Crippen molar-refractivity contribution in [2.75, 3.05) is 19.6 Å². The van der Waals surface area contributed by atoms with Gasteiger partial charge in [0.2, 0.25) is 0 Å². The van der Waals surface area contributed by atoms with Gasteiger partial charge in [-0.25, -0.2) is 8.78 Å². The van der Waals surface area contributed by atoms with E-state index in [4.69, 9.17) is 0 Å². The molecule has 14 heteroatoms. The minimum Gasteiger partial charge on any atom is -0.390 e. The van der Waals surface area contributed by atoms with Crippen molar-refractivity contribution in [3.63, 3.8) is 0 Å². The molecule has 1 unspecified atom stereocenters. The highest BCUT2D eigenvalue weighted by Gasteiger charge is 2.37. The van der Waals surface area contributed by atoms with Crippen molar-refractivity contribution in [3.05, 3.63) is 105 Å². The zero-order valence-corrected chi connectivity index (χ0v) is 26.5. The predicted octanol–water partition coefficient (Wildman–Crippen LogP) is 7.06. The Morgan fingerprint density at radius 1 is 0.771 bits per heavy atom. The van der Waals surface area contributed by atoms with E-state index in [1.165, 1.54) is 12.1 Å². The number of carbonyl (C=O) groups is 2. The lowest BCUT2D eigenvalue weighted by Gasteiger charge is -2.26. The van der Waals surface area contributed by atoms with Gasteiger partial charge in [-0.15, -0.1) is 0 Å². The van der Waals surface area contributed by atoms with E-state index >= 15 is 0 Å². The molecule has 6 nitrogen and oxygen atoms in total. The van der Waals surface area contributed by atoms with E-state index in [9.17, 15) is 49.8 Å². The van der Waals surface area contributed by atoms with E-state index in [-0.39, 0.29) is 40.6 Å². The largest absolute Gasteiger partial charge is 0.416 e. The summed E-state index contributed by atoms with van der Waals surface area (Å²) in [5.41, 5.74) is -2.41. The van der Waals surface area contributed by atoms with Crippen molar-refractivity contribution in [3.8, 4) is 0 Å². The Kier molecular flexibility index (Phi) is 13.1. The fourth-order valence-electron chi connectivity index (χ4n) is 5.22. The molecule has 3 aromatic rings. The summed E-state index contributed by atoms with van der Waals surface area (Å²) in [6, 6.07) is 6.97. The first-order valence-electron chi connectivity index (χ1n) is 15.2. The van der Waals surface area contributed by atoms with Crippen LogP contribution >= 0.6 is 0 Å². The van der Waals surface area contributed by atoms with Gasteiger partial charge in [0.25, 0.3) is 11.8 Å². The van der Waals surface area contributed by atoms with Crippen LogP contribution in [0.2, 0.25) is 0 Å². The number of halogens is 8.